The molecule has 8 aromatic heterocycles. The van der Waals surface area contributed by atoms with Gasteiger partial charge in [-0.15, -0.1) is 90.7 Å². The molecule has 308 valence electrons. The number of aromatic nitrogens is 4. The van der Waals surface area contributed by atoms with E-state index >= 15 is 0 Å². The van der Waals surface area contributed by atoms with Crippen LogP contribution in [0.3, 0.4) is 0 Å². The number of thiophene rings is 4. The monoisotopic (exact) mass is 970 g/mol. The number of rotatable bonds is 6. The Hall–Kier alpha value is -5.94. The Kier molecular flexibility index (Phi) is 10.7. The zero-order valence-electron chi connectivity index (χ0n) is 33.3. The highest BCUT2D eigenvalue weighted by molar-refractivity contribution is 7.25. The molecule has 0 amide bonds. The first-order valence-electron chi connectivity index (χ1n) is 20.0. The summed E-state index contributed by atoms with van der Waals surface area (Å²) in [5.74, 6) is 0. The standard InChI is InChI=1S/C24H15NS3.C21H12N4S3.C5H3NS2/c1-4-22-16(7-10-26-22)13-19(1)25(20-2-5-23-17(14-20)8-11-27-23)21-3-6-24-18(15-21)9-12-28-24;1-4-19-16(22-10-26-19)7-13(1)25(14-2-5-20-17(8-14)23-11-27-20)15-3-6-21-18(9-15)24-12-28-21;1-2-7-5-4(1)8-3-6-5/h1-15H;1-12H;1-3H. The number of thiazole rings is 4. The molecule has 0 atom stereocenters. The molecule has 14 aromatic rings. The second-order valence-electron chi connectivity index (χ2n) is 14.6. The van der Waals surface area contributed by atoms with Gasteiger partial charge in [0.2, 0.25) is 0 Å². The Morgan fingerprint density at radius 2 is 0.594 bits per heavy atom. The molecule has 0 aliphatic heterocycles. The van der Waals surface area contributed by atoms with Crippen molar-refractivity contribution in [3.63, 3.8) is 0 Å². The minimum absolute atomic E-state index is 1.01. The van der Waals surface area contributed by atoms with Gasteiger partial charge in [0.1, 0.15) is 4.83 Å². The molecule has 14 rings (SSSR count). The first kappa shape index (κ1) is 39.6. The molecule has 0 aliphatic carbocycles. The summed E-state index contributed by atoms with van der Waals surface area (Å²) in [6.45, 7) is 0. The molecule has 0 bridgehead atoms. The van der Waals surface area contributed by atoms with E-state index in [0.29, 0.717) is 0 Å². The predicted molar refractivity (Wildman–Crippen MR) is 285 cm³/mol. The van der Waals surface area contributed by atoms with Gasteiger partial charge in [0.15, 0.2) is 0 Å². The van der Waals surface area contributed by atoms with E-state index in [1.807, 2.05) is 22.0 Å². The van der Waals surface area contributed by atoms with Gasteiger partial charge in [-0.2, -0.15) is 0 Å². The van der Waals surface area contributed by atoms with E-state index in [9.17, 15) is 0 Å². The van der Waals surface area contributed by atoms with Crippen LogP contribution in [0.5, 0.6) is 0 Å². The lowest BCUT2D eigenvalue weighted by atomic mass is 10.1. The molecule has 0 unspecified atom stereocenters. The van der Waals surface area contributed by atoms with Crippen LogP contribution in [0.25, 0.3) is 70.4 Å². The summed E-state index contributed by atoms with van der Waals surface area (Å²) < 4.78 is 8.84. The highest BCUT2D eigenvalue weighted by Crippen LogP contribution is 2.42. The summed E-state index contributed by atoms with van der Waals surface area (Å²) >= 11 is 13.7. The molecule has 0 saturated carbocycles. The molecule has 0 fully saturated rings. The molecule has 6 aromatic carbocycles. The maximum atomic E-state index is 4.50. The second kappa shape index (κ2) is 17.2. The Balaban J connectivity index is 0.000000115. The lowest BCUT2D eigenvalue weighted by molar-refractivity contribution is 1.29. The van der Waals surface area contributed by atoms with Crippen molar-refractivity contribution < 1.29 is 0 Å². The number of nitrogens with zero attached hydrogens (tertiary/aromatic N) is 6. The van der Waals surface area contributed by atoms with Crippen molar-refractivity contribution in [2.45, 2.75) is 0 Å². The fraction of sp³-hybridized carbons (Fsp3) is 0. The van der Waals surface area contributed by atoms with Gasteiger partial charge in [0.25, 0.3) is 0 Å². The predicted octanol–water partition coefficient (Wildman–Crippen LogP) is 18.1. The molecule has 0 spiro atoms. The van der Waals surface area contributed by atoms with Crippen molar-refractivity contribution in [3.05, 3.63) is 177 Å². The fourth-order valence-electron chi connectivity index (χ4n) is 7.73. The van der Waals surface area contributed by atoms with Crippen molar-refractivity contribution >= 4 is 195 Å². The van der Waals surface area contributed by atoms with Gasteiger partial charge in [0, 0.05) is 48.2 Å². The van der Waals surface area contributed by atoms with Crippen LogP contribution >= 0.6 is 90.7 Å². The summed E-state index contributed by atoms with van der Waals surface area (Å²) in [6, 6.07) is 48.2. The maximum Gasteiger partial charge on any atom is 0.134 e. The lowest BCUT2D eigenvalue weighted by Crippen LogP contribution is -2.09. The molecule has 0 aliphatic rings. The van der Waals surface area contributed by atoms with E-state index in [0.717, 1.165) is 38.4 Å². The fourth-order valence-corrected chi connectivity index (χ4v) is 13.7. The molecular weight excluding hydrogens is 941 g/mol. The molecule has 0 saturated heterocycles. The minimum atomic E-state index is 1.01. The first-order chi connectivity index (χ1) is 31.7. The second-order valence-corrected chi connectivity index (χ2v) is 21.8. The number of anilines is 6. The average molecular weight is 971 g/mol. The van der Waals surface area contributed by atoms with Gasteiger partial charge in [-0.25, -0.2) is 19.9 Å². The summed E-state index contributed by atoms with van der Waals surface area (Å²) in [4.78, 5) is 23.4. The van der Waals surface area contributed by atoms with Crippen LogP contribution in [0.15, 0.2) is 177 Å². The Bertz CT molecular complexity index is 3250. The van der Waals surface area contributed by atoms with Gasteiger partial charge in [-0.3, -0.25) is 0 Å². The van der Waals surface area contributed by atoms with Crippen LogP contribution in [-0.4, -0.2) is 19.9 Å². The third kappa shape index (κ3) is 7.75. The highest BCUT2D eigenvalue weighted by Gasteiger charge is 2.17. The molecule has 14 heteroatoms. The van der Waals surface area contributed by atoms with Crippen LogP contribution in [0.2, 0.25) is 0 Å². The summed E-state index contributed by atoms with van der Waals surface area (Å²) in [5.41, 5.74) is 17.4. The number of benzene rings is 6. The zero-order chi connectivity index (χ0) is 42.4. The zero-order valence-corrected chi connectivity index (χ0v) is 39.8. The number of hydrogen-bond donors (Lipinski definition) is 0. The molecule has 6 nitrogen and oxygen atoms in total. The van der Waals surface area contributed by atoms with E-state index in [1.165, 1.54) is 66.1 Å². The van der Waals surface area contributed by atoms with Crippen LogP contribution in [0.1, 0.15) is 0 Å². The van der Waals surface area contributed by atoms with E-state index < -0.39 is 0 Å². The topological polar surface area (TPSA) is 58.0 Å². The SMILES string of the molecule is c1cc2cc(N(c3ccc4sccc4c3)c3ccc4sccc4c3)ccc2s1.c1nc2cc(N(c3ccc4scnc4c3)c3ccc4scnc4c3)ccc2s1.c1nc2sccc2s1. The third-order valence-corrected chi connectivity index (χ3v) is 17.6. The largest absolute Gasteiger partial charge is 0.310 e. The van der Waals surface area contributed by atoms with E-state index in [2.05, 4.69) is 185 Å². The summed E-state index contributed by atoms with van der Waals surface area (Å²) in [6.07, 6.45) is 0. The van der Waals surface area contributed by atoms with Crippen LogP contribution in [-0.2, 0) is 0 Å². The molecular formula is C50H30N6S8. The van der Waals surface area contributed by atoms with Gasteiger partial charge >= 0.3 is 0 Å². The van der Waals surface area contributed by atoms with Crippen molar-refractivity contribution in [2.24, 2.45) is 0 Å². The van der Waals surface area contributed by atoms with Gasteiger partial charge < -0.3 is 9.80 Å². The number of fused-ring (bicyclic) bond motifs is 7. The average Bonchev–Trinajstić information content (AvgIpc) is 4.17. The first-order valence-corrected chi connectivity index (χ1v) is 27.0. The van der Waals surface area contributed by atoms with Crippen molar-refractivity contribution in [3.8, 4) is 0 Å². The van der Waals surface area contributed by atoms with Crippen LogP contribution in [0, 0.1) is 0 Å². The van der Waals surface area contributed by atoms with Crippen LogP contribution < -0.4 is 9.80 Å². The summed E-state index contributed by atoms with van der Waals surface area (Å²) in [5, 5.41) is 12.4. The molecule has 0 N–H and O–H groups in total. The van der Waals surface area contributed by atoms with E-state index in [1.54, 1.807) is 90.7 Å². The van der Waals surface area contributed by atoms with Gasteiger partial charge in [-0.05, 0) is 171 Å². The Morgan fingerprint density at radius 1 is 0.266 bits per heavy atom. The minimum Gasteiger partial charge on any atom is -0.310 e. The van der Waals surface area contributed by atoms with Gasteiger partial charge in [-0.1, -0.05) is 0 Å². The van der Waals surface area contributed by atoms with Gasteiger partial charge in [0.05, 0.1) is 57.4 Å². The lowest BCUT2D eigenvalue weighted by Gasteiger charge is -2.26. The molecule has 64 heavy (non-hydrogen) atoms. The Morgan fingerprint density at radius 3 is 0.984 bits per heavy atom. The molecule has 0 radical (unpaired) electrons. The maximum absolute atomic E-state index is 4.50. The van der Waals surface area contributed by atoms with Crippen molar-refractivity contribution in [2.75, 3.05) is 9.80 Å². The van der Waals surface area contributed by atoms with Crippen molar-refractivity contribution in [1.82, 2.24) is 19.9 Å². The van der Waals surface area contributed by atoms with Crippen LogP contribution in [0.4, 0.5) is 34.1 Å². The van der Waals surface area contributed by atoms with E-state index in [4.69, 9.17) is 0 Å². The smallest absolute Gasteiger partial charge is 0.134 e. The van der Waals surface area contributed by atoms with Crippen molar-refractivity contribution in [1.29, 1.82) is 0 Å². The third-order valence-electron chi connectivity index (χ3n) is 10.8. The summed E-state index contributed by atoms with van der Waals surface area (Å²) in [7, 11) is 0. The quantitative estimate of drug-likeness (QED) is 0.165. The number of hydrogen-bond acceptors (Lipinski definition) is 14. The highest BCUT2D eigenvalue weighted by atomic mass is 32.1. The van der Waals surface area contributed by atoms with E-state index in [-0.39, 0.29) is 0 Å². The molecule has 8 heterocycles. The Labute approximate surface area is 398 Å². The normalized spacial score (nSPS) is 11.4.